The molecule has 0 atom stereocenters. The van der Waals surface area contributed by atoms with Crippen LogP contribution in [0.3, 0.4) is 0 Å². The van der Waals surface area contributed by atoms with Crippen LogP contribution < -0.4 is 10.5 Å². The Hall–Kier alpha value is -2.37. The van der Waals surface area contributed by atoms with Crippen LogP contribution in [0.2, 0.25) is 5.02 Å². The van der Waals surface area contributed by atoms with Crippen molar-refractivity contribution in [3.05, 3.63) is 75.3 Å². The van der Waals surface area contributed by atoms with Crippen molar-refractivity contribution < 1.29 is 0 Å². The fraction of sp³-hybridized carbons (Fsp3) is 0.333. The summed E-state index contributed by atoms with van der Waals surface area (Å²) in [6.07, 6.45) is 2.52. The van der Waals surface area contributed by atoms with E-state index in [4.69, 9.17) is 11.6 Å². The summed E-state index contributed by atoms with van der Waals surface area (Å²) in [5.41, 5.74) is 3.63. The number of benzene rings is 1. The zero-order chi connectivity index (χ0) is 18.8. The van der Waals surface area contributed by atoms with Gasteiger partial charge in [0.05, 0.1) is 0 Å². The smallest absolute Gasteiger partial charge is 0.261 e. The first-order valence-corrected chi connectivity index (χ1v) is 9.69. The van der Waals surface area contributed by atoms with E-state index in [1.54, 1.807) is 10.6 Å². The number of halogens is 1. The number of pyridine rings is 1. The molecule has 0 N–H and O–H groups in total. The van der Waals surface area contributed by atoms with Gasteiger partial charge in [-0.1, -0.05) is 17.7 Å². The van der Waals surface area contributed by atoms with E-state index in [0.29, 0.717) is 5.65 Å². The number of rotatable bonds is 4. The number of hydrogen-bond donors (Lipinski definition) is 0. The van der Waals surface area contributed by atoms with Crippen molar-refractivity contribution in [2.75, 3.05) is 37.6 Å². The summed E-state index contributed by atoms with van der Waals surface area (Å²) >= 11 is 5.98. The van der Waals surface area contributed by atoms with Crippen LogP contribution in [0.1, 0.15) is 11.3 Å². The topological polar surface area (TPSA) is 40.9 Å². The van der Waals surface area contributed by atoms with E-state index in [1.807, 2.05) is 37.3 Å². The summed E-state index contributed by atoms with van der Waals surface area (Å²) in [6.45, 7) is 6.76. The minimum Gasteiger partial charge on any atom is -0.369 e. The molecule has 0 bridgehead atoms. The first kappa shape index (κ1) is 18.0. The summed E-state index contributed by atoms with van der Waals surface area (Å²) in [5, 5.41) is 0.767. The minimum absolute atomic E-state index is 0.0536. The van der Waals surface area contributed by atoms with Crippen molar-refractivity contribution in [2.45, 2.75) is 13.3 Å². The average molecular weight is 383 g/mol. The number of nitrogens with zero attached hydrogens (tertiary/aromatic N) is 4. The molecule has 5 nitrogen and oxygen atoms in total. The van der Waals surface area contributed by atoms with Crippen LogP contribution in [0.4, 0.5) is 5.69 Å². The number of anilines is 1. The van der Waals surface area contributed by atoms with E-state index in [9.17, 15) is 4.79 Å². The highest BCUT2D eigenvalue weighted by atomic mass is 35.5. The predicted molar refractivity (Wildman–Crippen MR) is 110 cm³/mol. The molecule has 0 unspecified atom stereocenters. The van der Waals surface area contributed by atoms with Crippen LogP contribution in [0.15, 0.2) is 53.5 Å². The Morgan fingerprint density at radius 3 is 2.52 bits per heavy atom. The van der Waals surface area contributed by atoms with Crippen molar-refractivity contribution in [1.29, 1.82) is 0 Å². The Bertz CT molecular complexity index is 991. The van der Waals surface area contributed by atoms with E-state index in [2.05, 4.69) is 26.9 Å². The number of piperazine rings is 1. The molecule has 1 aliphatic rings. The van der Waals surface area contributed by atoms with E-state index in [1.165, 1.54) is 5.69 Å². The molecule has 0 amide bonds. The van der Waals surface area contributed by atoms with E-state index in [0.717, 1.165) is 55.4 Å². The Kier molecular flexibility index (Phi) is 5.14. The van der Waals surface area contributed by atoms with Gasteiger partial charge in [-0.3, -0.25) is 14.1 Å². The molecular formula is C21H23ClN4O. The molecule has 3 heterocycles. The monoisotopic (exact) mass is 382 g/mol. The van der Waals surface area contributed by atoms with Crippen molar-refractivity contribution in [3.63, 3.8) is 0 Å². The molecule has 4 rings (SSSR count). The predicted octanol–water partition coefficient (Wildman–Crippen LogP) is 3.02. The fourth-order valence-corrected chi connectivity index (χ4v) is 3.80. The normalized spacial score (nSPS) is 15.4. The summed E-state index contributed by atoms with van der Waals surface area (Å²) in [4.78, 5) is 22.2. The lowest BCUT2D eigenvalue weighted by Crippen LogP contribution is -2.47. The van der Waals surface area contributed by atoms with Crippen LogP contribution in [-0.4, -0.2) is 47.0 Å². The molecule has 1 aliphatic heterocycles. The molecular weight excluding hydrogens is 360 g/mol. The number of hydrogen-bond acceptors (Lipinski definition) is 4. The maximum absolute atomic E-state index is 12.8. The summed E-state index contributed by atoms with van der Waals surface area (Å²) in [6, 6.07) is 13.7. The van der Waals surface area contributed by atoms with Gasteiger partial charge in [0.15, 0.2) is 0 Å². The van der Waals surface area contributed by atoms with E-state index >= 15 is 0 Å². The van der Waals surface area contributed by atoms with Gasteiger partial charge in [-0.05, 0) is 49.7 Å². The zero-order valence-corrected chi connectivity index (χ0v) is 16.2. The van der Waals surface area contributed by atoms with Crippen LogP contribution in [0.5, 0.6) is 0 Å². The molecule has 1 saturated heterocycles. The van der Waals surface area contributed by atoms with Gasteiger partial charge in [0.25, 0.3) is 5.56 Å². The lowest BCUT2D eigenvalue weighted by molar-refractivity contribution is 0.260. The van der Waals surface area contributed by atoms with Gasteiger partial charge >= 0.3 is 0 Å². The largest absolute Gasteiger partial charge is 0.369 e. The Balaban J connectivity index is 1.40. The van der Waals surface area contributed by atoms with Crippen LogP contribution in [0, 0.1) is 6.92 Å². The summed E-state index contributed by atoms with van der Waals surface area (Å²) in [7, 11) is 0. The van der Waals surface area contributed by atoms with Crippen molar-refractivity contribution in [2.24, 2.45) is 0 Å². The molecule has 6 heteroatoms. The number of aromatic nitrogens is 2. The fourth-order valence-electron chi connectivity index (χ4n) is 3.68. The zero-order valence-electron chi connectivity index (χ0n) is 15.4. The van der Waals surface area contributed by atoms with Crippen LogP contribution >= 0.6 is 11.6 Å². The maximum atomic E-state index is 12.8. The van der Waals surface area contributed by atoms with Crippen molar-refractivity contribution in [3.8, 4) is 0 Å². The second-order valence-corrected chi connectivity index (χ2v) is 7.40. The highest BCUT2D eigenvalue weighted by molar-refractivity contribution is 6.30. The molecule has 140 valence electrons. The van der Waals surface area contributed by atoms with Gasteiger partial charge in [-0.25, -0.2) is 4.98 Å². The SMILES string of the molecule is Cc1nc2ccccn2c(=O)c1CCN1CCN(c2ccc(Cl)cc2)CC1. The highest BCUT2D eigenvalue weighted by Gasteiger charge is 2.18. The maximum Gasteiger partial charge on any atom is 0.261 e. The Labute approximate surface area is 163 Å². The second-order valence-electron chi connectivity index (χ2n) is 6.96. The van der Waals surface area contributed by atoms with E-state index in [-0.39, 0.29) is 5.56 Å². The standard InChI is InChI=1S/C21H23ClN4O/c1-16-19(21(27)26-10-3-2-4-20(26)23-16)9-11-24-12-14-25(15-13-24)18-7-5-17(22)6-8-18/h2-8,10H,9,11-15H2,1H3. The third-order valence-electron chi connectivity index (χ3n) is 5.28. The van der Waals surface area contributed by atoms with Gasteiger partial charge in [0.2, 0.25) is 0 Å². The molecule has 0 radical (unpaired) electrons. The van der Waals surface area contributed by atoms with Gasteiger partial charge in [-0.2, -0.15) is 0 Å². The first-order valence-electron chi connectivity index (χ1n) is 9.31. The average Bonchev–Trinajstić information content (AvgIpc) is 2.69. The molecule has 0 aliphatic carbocycles. The molecule has 1 aromatic carbocycles. The van der Waals surface area contributed by atoms with Crippen molar-refractivity contribution >= 4 is 22.9 Å². The third kappa shape index (κ3) is 3.84. The van der Waals surface area contributed by atoms with Gasteiger partial charge in [0, 0.05) is 60.9 Å². The van der Waals surface area contributed by atoms with Crippen LogP contribution in [0.25, 0.3) is 5.65 Å². The molecule has 3 aromatic rings. The second kappa shape index (κ2) is 7.71. The summed E-state index contributed by atoms with van der Waals surface area (Å²) in [5.74, 6) is 0. The number of aryl methyl sites for hydroxylation is 1. The van der Waals surface area contributed by atoms with Gasteiger partial charge < -0.3 is 4.90 Å². The molecule has 0 saturated carbocycles. The Morgan fingerprint density at radius 2 is 1.78 bits per heavy atom. The third-order valence-corrected chi connectivity index (χ3v) is 5.53. The highest BCUT2D eigenvalue weighted by Crippen LogP contribution is 2.19. The van der Waals surface area contributed by atoms with Gasteiger partial charge in [0.1, 0.15) is 5.65 Å². The van der Waals surface area contributed by atoms with E-state index < -0.39 is 0 Å². The van der Waals surface area contributed by atoms with Crippen molar-refractivity contribution in [1.82, 2.24) is 14.3 Å². The lowest BCUT2D eigenvalue weighted by Gasteiger charge is -2.36. The molecule has 1 fully saturated rings. The Morgan fingerprint density at radius 1 is 1.04 bits per heavy atom. The lowest BCUT2D eigenvalue weighted by atomic mass is 10.1. The first-order chi connectivity index (χ1) is 13.1. The summed E-state index contributed by atoms with van der Waals surface area (Å²) < 4.78 is 1.64. The molecule has 27 heavy (non-hydrogen) atoms. The quantitative estimate of drug-likeness (QED) is 0.695. The molecule has 2 aromatic heterocycles. The molecule has 0 spiro atoms. The van der Waals surface area contributed by atoms with Crippen LogP contribution in [-0.2, 0) is 6.42 Å². The van der Waals surface area contributed by atoms with Gasteiger partial charge in [-0.15, -0.1) is 0 Å². The number of fused-ring (bicyclic) bond motifs is 1. The minimum atomic E-state index is 0.0536.